The van der Waals surface area contributed by atoms with Gasteiger partial charge in [-0.05, 0) is 19.3 Å². The molecule has 96 valence electrons. The molecule has 1 rings (SSSR count). The van der Waals surface area contributed by atoms with Crippen molar-refractivity contribution in [1.29, 1.82) is 0 Å². The zero-order valence-corrected chi connectivity index (χ0v) is 10.9. The molecule has 5 heteroatoms. The van der Waals surface area contributed by atoms with Crippen LogP contribution >= 0.6 is 0 Å². The molecule has 0 aliphatic heterocycles. The molecular formula is C12H21N3O2. The van der Waals surface area contributed by atoms with Gasteiger partial charge in [0.05, 0.1) is 5.69 Å². The van der Waals surface area contributed by atoms with Gasteiger partial charge in [0.25, 0.3) is 0 Å². The molecule has 0 aliphatic carbocycles. The van der Waals surface area contributed by atoms with Crippen molar-refractivity contribution in [2.24, 2.45) is 13.0 Å². The summed E-state index contributed by atoms with van der Waals surface area (Å²) in [6, 6.07) is -0.491. The van der Waals surface area contributed by atoms with Crippen molar-refractivity contribution < 1.29 is 9.90 Å². The quantitative estimate of drug-likeness (QED) is 0.785. The van der Waals surface area contributed by atoms with E-state index in [1.165, 1.54) is 0 Å². The minimum absolute atomic E-state index is 0.360. The van der Waals surface area contributed by atoms with Crippen molar-refractivity contribution in [2.75, 3.05) is 0 Å². The van der Waals surface area contributed by atoms with Gasteiger partial charge in [-0.25, -0.2) is 0 Å². The van der Waals surface area contributed by atoms with E-state index < -0.39 is 12.0 Å². The van der Waals surface area contributed by atoms with E-state index >= 15 is 0 Å². The van der Waals surface area contributed by atoms with E-state index in [-0.39, 0.29) is 0 Å². The van der Waals surface area contributed by atoms with E-state index in [4.69, 9.17) is 5.11 Å². The van der Waals surface area contributed by atoms with Crippen molar-refractivity contribution in [1.82, 2.24) is 15.1 Å². The highest BCUT2D eigenvalue weighted by Gasteiger charge is 2.18. The number of nitrogens with zero attached hydrogens (tertiary/aromatic N) is 2. The molecule has 5 nitrogen and oxygen atoms in total. The minimum atomic E-state index is -0.791. The van der Waals surface area contributed by atoms with E-state index in [1.807, 2.05) is 34.0 Å². The fraction of sp³-hybridized carbons (Fsp3) is 0.667. The standard InChI is InChI=1S/C12H21N3O2/c1-8(2)5-11(12(16)17)13-6-10-7-15(4)14-9(10)3/h7-8,11,13H,5-6H2,1-4H3,(H,16,17). The van der Waals surface area contributed by atoms with Crippen molar-refractivity contribution in [3.8, 4) is 0 Å². The Kier molecular flexibility index (Phi) is 4.69. The smallest absolute Gasteiger partial charge is 0.320 e. The van der Waals surface area contributed by atoms with Gasteiger partial charge < -0.3 is 10.4 Å². The van der Waals surface area contributed by atoms with Gasteiger partial charge in [-0.3, -0.25) is 9.48 Å². The second kappa shape index (κ2) is 5.82. The fourth-order valence-electron chi connectivity index (χ4n) is 1.80. The molecule has 0 aliphatic rings. The first kappa shape index (κ1) is 13.7. The number of carboxylic acid groups (broad SMARTS) is 1. The summed E-state index contributed by atoms with van der Waals surface area (Å²) in [6.07, 6.45) is 2.55. The average molecular weight is 239 g/mol. The monoisotopic (exact) mass is 239 g/mol. The van der Waals surface area contributed by atoms with Gasteiger partial charge in [-0.1, -0.05) is 13.8 Å². The van der Waals surface area contributed by atoms with Gasteiger partial charge >= 0.3 is 5.97 Å². The normalized spacial score (nSPS) is 13.0. The number of carboxylic acids is 1. The summed E-state index contributed by atoms with van der Waals surface area (Å²) < 4.78 is 1.74. The summed E-state index contributed by atoms with van der Waals surface area (Å²) in [6.45, 7) is 6.51. The summed E-state index contributed by atoms with van der Waals surface area (Å²) in [4.78, 5) is 11.1. The third kappa shape index (κ3) is 4.19. The molecule has 1 aromatic heterocycles. The molecule has 2 N–H and O–H groups in total. The van der Waals surface area contributed by atoms with Crippen LogP contribution in [0.15, 0.2) is 6.20 Å². The van der Waals surface area contributed by atoms with E-state index in [1.54, 1.807) is 4.68 Å². The topological polar surface area (TPSA) is 67.2 Å². The summed E-state index contributed by atoms with van der Waals surface area (Å²) >= 11 is 0. The third-order valence-corrected chi connectivity index (χ3v) is 2.66. The highest BCUT2D eigenvalue weighted by molar-refractivity contribution is 5.73. The van der Waals surface area contributed by atoms with Gasteiger partial charge in [0.1, 0.15) is 6.04 Å². The van der Waals surface area contributed by atoms with Crippen molar-refractivity contribution in [3.63, 3.8) is 0 Å². The van der Waals surface area contributed by atoms with E-state index in [0.29, 0.717) is 18.9 Å². The van der Waals surface area contributed by atoms with Crippen LogP contribution in [-0.2, 0) is 18.4 Å². The lowest BCUT2D eigenvalue weighted by atomic mass is 10.0. The van der Waals surface area contributed by atoms with Crippen LogP contribution in [-0.4, -0.2) is 26.9 Å². The Morgan fingerprint density at radius 2 is 2.24 bits per heavy atom. The lowest BCUT2D eigenvalue weighted by Crippen LogP contribution is -2.37. The number of hydrogen-bond acceptors (Lipinski definition) is 3. The lowest BCUT2D eigenvalue weighted by molar-refractivity contribution is -0.140. The summed E-state index contributed by atoms with van der Waals surface area (Å²) in [5, 5.41) is 16.4. The third-order valence-electron chi connectivity index (χ3n) is 2.66. The van der Waals surface area contributed by atoms with E-state index in [2.05, 4.69) is 10.4 Å². The zero-order chi connectivity index (χ0) is 13.0. The maximum atomic E-state index is 11.1. The second-order valence-electron chi connectivity index (χ2n) is 4.81. The lowest BCUT2D eigenvalue weighted by Gasteiger charge is -2.16. The van der Waals surface area contributed by atoms with Crippen LogP contribution in [0.3, 0.4) is 0 Å². The molecule has 0 radical (unpaired) electrons. The van der Waals surface area contributed by atoms with Crippen molar-refractivity contribution in [2.45, 2.75) is 39.8 Å². The number of aliphatic carboxylic acids is 1. The van der Waals surface area contributed by atoms with Gasteiger partial charge in [-0.2, -0.15) is 5.10 Å². The number of rotatable bonds is 6. The summed E-state index contributed by atoms with van der Waals surface area (Å²) in [7, 11) is 1.86. The number of hydrogen-bond donors (Lipinski definition) is 2. The Morgan fingerprint density at radius 1 is 1.59 bits per heavy atom. The molecule has 0 amide bonds. The predicted molar refractivity (Wildman–Crippen MR) is 65.7 cm³/mol. The molecule has 1 unspecified atom stereocenters. The molecular weight excluding hydrogens is 218 g/mol. The Balaban J connectivity index is 2.57. The SMILES string of the molecule is Cc1nn(C)cc1CNC(CC(C)C)C(=O)O. The number of nitrogens with one attached hydrogen (secondary N) is 1. The van der Waals surface area contributed by atoms with Crippen LogP contribution in [0.25, 0.3) is 0 Å². The maximum absolute atomic E-state index is 11.1. The fourth-order valence-corrected chi connectivity index (χ4v) is 1.80. The summed E-state index contributed by atoms with van der Waals surface area (Å²) in [5.74, 6) is -0.432. The number of aryl methyl sites for hydroxylation is 2. The van der Waals surface area contributed by atoms with Crippen LogP contribution < -0.4 is 5.32 Å². The van der Waals surface area contributed by atoms with Crippen LogP contribution in [0.2, 0.25) is 0 Å². The predicted octanol–water partition coefficient (Wildman–Crippen LogP) is 1.32. The van der Waals surface area contributed by atoms with Crippen LogP contribution in [0.5, 0.6) is 0 Å². The van der Waals surface area contributed by atoms with Gasteiger partial charge in [-0.15, -0.1) is 0 Å². The first-order valence-electron chi connectivity index (χ1n) is 5.85. The van der Waals surface area contributed by atoms with Crippen LogP contribution in [0.4, 0.5) is 0 Å². The Hall–Kier alpha value is -1.36. The van der Waals surface area contributed by atoms with Gasteiger partial charge in [0.15, 0.2) is 0 Å². The second-order valence-corrected chi connectivity index (χ2v) is 4.81. The summed E-state index contributed by atoms with van der Waals surface area (Å²) in [5.41, 5.74) is 1.98. The first-order chi connectivity index (χ1) is 7.90. The molecule has 0 fully saturated rings. The van der Waals surface area contributed by atoms with Gasteiger partial charge in [0, 0.05) is 25.4 Å². The Morgan fingerprint density at radius 3 is 2.65 bits per heavy atom. The van der Waals surface area contributed by atoms with E-state index in [9.17, 15) is 4.79 Å². The largest absolute Gasteiger partial charge is 0.480 e. The first-order valence-corrected chi connectivity index (χ1v) is 5.85. The Bertz CT molecular complexity index is 385. The maximum Gasteiger partial charge on any atom is 0.320 e. The molecule has 1 heterocycles. The number of carbonyl (C=O) groups is 1. The number of aromatic nitrogens is 2. The average Bonchev–Trinajstić information content (AvgIpc) is 2.51. The molecule has 0 saturated carbocycles. The highest BCUT2D eigenvalue weighted by Crippen LogP contribution is 2.08. The van der Waals surface area contributed by atoms with Gasteiger partial charge in [0.2, 0.25) is 0 Å². The molecule has 17 heavy (non-hydrogen) atoms. The van der Waals surface area contributed by atoms with Crippen molar-refractivity contribution in [3.05, 3.63) is 17.5 Å². The molecule has 0 saturated heterocycles. The van der Waals surface area contributed by atoms with Crippen LogP contribution in [0, 0.1) is 12.8 Å². The van der Waals surface area contributed by atoms with E-state index in [0.717, 1.165) is 11.3 Å². The molecule has 1 aromatic rings. The molecule has 1 atom stereocenters. The minimum Gasteiger partial charge on any atom is -0.480 e. The molecule has 0 aromatic carbocycles. The molecule has 0 bridgehead atoms. The van der Waals surface area contributed by atoms with Crippen LogP contribution in [0.1, 0.15) is 31.5 Å². The Labute approximate surface area is 102 Å². The van der Waals surface area contributed by atoms with Crippen molar-refractivity contribution >= 4 is 5.97 Å². The highest BCUT2D eigenvalue weighted by atomic mass is 16.4. The molecule has 0 spiro atoms. The zero-order valence-electron chi connectivity index (χ0n) is 10.9.